The number of rotatable bonds is 6. The van der Waals surface area contributed by atoms with Crippen LogP contribution in [0.15, 0.2) is 38.8 Å². The molecule has 134 valence electrons. The van der Waals surface area contributed by atoms with Crippen LogP contribution in [0, 0.1) is 6.92 Å². The largest absolute Gasteiger partial charge is 0.859 e. The van der Waals surface area contributed by atoms with Crippen LogP contribution in [0.2, 0.25) is 0 Å². The van der Waals surface area contributed by atoms with Crippen LogP contribution < -0.4 is 21.3 Å². The van der Waals surface area contributed by atoms with E-state index in [1.807, 2.05) is 6.92 Å². The van der Waals surface area contributed by atoms with Crippen LogP contribution in [-0.4, -0.2) is 42.4 Å². The van der Waals surface area contributed by atoms with Crippen molar-refractivity contribution in [2.45, 2.75) is 20.3 Å². The molecular formula is C18H24N4O3. The summed E-state index contributed by atoms with van der Waals surface area (Å²) in [5.74, 6) is -0.642. The van der Waals surface area contributed by atoms with Gasteiger partial charge in [0.25, 0.3) is 5.56 Å². The first kappa shape index (κ1) is 18.7. The lowest BCUT2D eigenvalue weighted by atomic mass is 10.2. The summed E-state index contributed by atoms with van der Waals surface area (Å²) in [7, 11) is 4.10. The number of H-pyrrole nitrogens is 1. The number of aryl methyl sites for hydroxylation is 1. The van der Waals surface area contributed by atoms with Crippen LogP contribution in [0.5, 0.6) is 5.88 Å². The average molecular weight is 344 g/mol. The Balaban J connectivity index is 2.44. The number of aromatic nitrogens is 2. The molecule has 2 rings (SSSR count). The monoisotopic (exact) mass is 344 g/mol. The molecule has 0 radical (unpaired) electrons. The fourth-order valence-electron chi connectivity index (χ4n) is 2.52. The van der Waals surface area contributed by atoms with Crippen LogP contribution >= 0.6 is 0 Å². The van der Waals surface area contributed by atoms with Gasteiger partial charge in [0, 0.05) is 24.4 Å². The molecule has 0 spiro atoms. The van der Waals surface area contributed by atoms with Gasteiger partial charge in [0.2, 0.25) is 0 Å². The summed E-state index contributed by atoms with van der Waals surface area (Å²) in [6, 6.07) is 6.95. The quantitative estimate of drug-likeness (QED) is 0.533. The summed E-state index contributed by atoms with van der Waals surface area (Å²) >= 11 is 0. The van der Waals surface area contributed by atoms with Gasteiger partial charge >= 0.3 is 5.69 Å². The van der Waals surface area contributed by atoms with Crippen molar-refractivity contribution in [3.8, 4) is 11.6 Å². The lowest BCUT2D eigenvalue weighted by Gasteiger charge is -2.19. The van der Waals surface area contributed by atoms with Crippen LogP contribution in [0.25, 0.3) is 5.69 Å². The second kappa shape index (κ2) is 7.94. The number of aromatic amines is 1. The van der Waals surface area contributed by atoms with E-state index in [1.165, 1.54) is 4.90 Å². The van der Waals surface area contributed by atoms with E-state index in [1.54, 1.807) is 31.2 Å². The van der Waals surface area contributed by atoms with Crippen molar-refractivity contribution in [2.24, 2.45) is 4.99 Å². The normalized spacial score (nSPS) is 12.0. The molecule has 7 heteroatoms. The minimum absolute atomic E-state index is 0.0858. The predicted octanol–water partition coefficient (Wildman–Crippen LogP) is -0.749. The van der Waals surface area contributed by atoms with Gasteiger partial charge in [-0.15, -0.1) is 0 Å². The number of quaternary nitrogens is 1. The SMILES string of the molecule is CC(=NCCC[NH+](C)C)c1c([O-])n(-c2ccc(C)cc2)c(=O)[nH]c1=O. The Kier molecular flexibility index (Phi) is 5.93. The van der Waals surface area contributed by atoms with Gasteiger partial charge in [0.15, 0.2) is 0 Å². The Morgan fingerprint density at radius 3 is 2.48 bits per heavy atom. The van der Waals surface area contributed by atoms with Crippen molar-refractivity contribution < 1.29 is 10.0 Å². The van der Waals surface area contributed by atoms with E-state index in [-0.39, 0.29) is 5.56 Å². The Morgan fingerprint density at radius 1 is 1.24 bits per heavy atom. The third-order valence-corrected chi connectivity index (χ3v) is 3.91. The maximum atomic E-state index is 12.7. The topological polar surface area (TPSA) is 94.7 Å². The first-order chi connectivity index (χ1) is 11.8. The summed E-state index contributed by atoms with van der Waals surface area (Å²) in [4.78, 5) is 32.1. The average Bonchev–Trinajstić information content (AvgIpc) is 2.52. The fraction of sp³-hybridized carbons (Fsp3) is 0.389. The summed E-state index contributed by atoms with van der Waals surface area (Å²) in [5.41, 5.74) is 0.250. The zero-order valence-corrected chi connectivity index (χ0v) is 15.0. The number of aliphatic imine (C=N–C) groups is 1. The van der Waals surface area contributed by atoms with Gasteiger partial charge in [-0.3, -0.25) is 19.3 Å². The first-order valence-corrected chi connectivity index (χ1v) is 8.25. The Morgan fingerprint density at radius 2 is 1.88 bits per heavy atom. The Hall–Kier alpha value is -2.67. The summed E-state index contributed by atoms with van der Waals surface area (Å²) < 4.78 is 0.971. The van der Waals surface area contributed by atoms with E-state index < -0.39 is 17.1 Å². The second-order valence-corrected chi connectivity index (χ2v) is 6.39. The van der Waals surface area contributed by atoms with Gasteiger partial charge < -0.3 is 10.0 Å². The maximum absolute atomic E-state index is 12.7. The molecule has 1 aromatic carbocycles. The van der Waals surface area contributed by atoms with Gasteiger partial charge in [-0.25, -0.2) is 4.79 Å². The molecule has 0 saturated carbocycles. The fourth-order valence-corrected chi connectivity index (χ4v) is 2.52. The van der Waals surface area contributed by atoms with E-state index >= 15 is 0 Å². The molecule has 2 N–H and O–H groups in total. The minimum atomic E-state index is -0.744. The highest BCUT2D eigenvalue weighted by atomic mass is 16.3. The summed E-state index contributed by atoms with van der Waals surface area (Å²) in [6.45, 7) is 5.01. The number of hydrogen-bond donors (Lipinski definition) is 2. The Bertz CT molecular complexity index is 877. The number of nitrogens with zero attached hydrogens (tertiary/aromatic N) is 2. The molecule has 0 aliphatic carbocycles. The molecule has 0 aliphatic rings. The van der Waals surface area contributed by atoms with Gasteiger partial charge in [-0.05, 0) is 31.9 Å². The molecule has 0 unspecified atom stereocenters. The highest BCUT2D eigenvalue weighted by Gasteiger charge is 2.12. The molecule has 1 aromatic heterocycles. The summed E-state index contributed by atoms with van der Waals surface area (Å²) in [5, 5.41) is 12.7. The number of hydrogen-bond acceptors (Lipinski definition) is 4. The third-order valence-electron chi connectivity index (χ3n) is 3.91. The van der Waals surface area contributed by atoms with Gasteiger partial charge in [0.1, 0.15) is 0 Å². The molecular weight excluding hydrogens is 320 g/mol. The molecule has 0 bridgehead atoms. The molecule has 0 saturated heterocycles. The molecule has 25 heavy (non-hydrogen) atoms. The van der Waals surface area contributed by atoms with E-state index in [4.69, 9.17) is 0 Å². The van der Waals surface area contributed by atoms with Crippen molar-refractivity contribution in [3.05, 3.63) is 56.2 Å². The maximum Gasteiger partial charge on any atom is 0.332 e. The first-order valence-electron chi connectivity index (χ1n) is 8.25. The van der Waals surface area contributed by atoms with Crippen molar-refractivity contribution in [3.63, 3.8) is 0 Å². The zero-order chi connectivity index (χ0) is 18.6. The van der Waals surface area contributed by atoms with Gasteiger partial charge in [-0.2, -0.15) is 0 Å². The summed E-state index contributed by atoms with van der Waals surface area (Å²) in [6.07, 6.45) is 0.851. The van der Waals surface area contributed by atoms with Crippen LogP contribution in [0.4, 0.5) is 0 Å². The van der Waals surface area contributed by atoms with Crippen LogP contribution in [0.3, 0.4) is 0 Å². The van der Waals surface area contributed by atoms with Crippen molar-refractivity contribution in [1.29, 1.82) is 0 Å². The Labute approximate surface area is 146 Å². The molecule has 0 aliphatic heterocycles. The van der Waals surface area contributed by atoms with E-state index in [2.05, 4.69) is 24.1 Å². The molecule has 1 heterocycles. The third kappa shape index (κ3) is 4.45. The highest BCUT2D eigenvalue weighted by Crippen LogP contribution is 2.15. The lowest BCUT2D eigenvalue weighted by molar-refractivity contribution is -0.858. The van der Waals surface area contributed by atoms with E-state index in [0.717, 1.165) is 23.1 Å². The second-order valence-electron chi connectivity index (χ2n) is 6.39. The lowest BCUT2D eigenvalue weighted by Crippen LogP contribution is -3.05. The van der Waals surface area contributed by atoms with Gasteiger partial charge in [0.05, 0.1) is 26.2 Å². The molecule has 0 amide bonds. The predicted molar refractivity (Wildman–Crippen MR) is 96.2 cm³/mol. The standard InChI is InChI=1S/C18H24N4O3/c1-12-6-8-14(9-7-12)22-17(24)15(16(23)20-18(22)25)13(2)19-10-5-11-21(3)4/h6-9,24H,5,10-11H2,1-4H3,(H,20,23,25). The molecule has 0 atom stereocenters. The minimum Gasteiger partial charge on any atom is -0.859 e. The van der Waals surface area contributed by atoms with Gasteiger partial charge in [-0.1, -0.05) is 17.7 Å². The molecule has 0 fully saturated rings. The molecule has 2 aromatic rings. The van der Waals surface area contributed by atoms with E-state index in [0.29, 0.717) is 17.9 Å². The number of benzene rings is 1. The zero-order valence-electron chi connectivity index (χ0n) is 15.0. The van der Waals surface area contributed by atoms with E-state index in [9.17, 15) is 14.7 Å². The van der Waals surface area contributed by atoms with Crippen molar-refractivity contribution in [1.82, 2.24) is 9.55 Å². The van der Waals surface area contributed by atoms with Crippen LogP contribution in [-0.2, 0) is 0 Å². The molecule has 7 nitrogen and oxygen atoms in total. The van der Waals surface area contributed by atoms with Crippen molar-refractivity contribution >= 4 is 5.71 Å². The number of nitrogens with one attached hydrogen (secondary N) is 2. The van der Waals surface area contributed by atoms with Crippen molar-refractivity contribution in [2.75, 3.05) is 27.2 Å². The highest BCUT2D eigenvalue weighted by molar-refractivity contribution is 6.00. The smallest absolute Gasteiger partial charge is 0.332 e. The van der Waals surface area contributed by atoms with Crippen LogP contribution in [0.1, 0.15) is 24.5 Å².